The van der Waals surface area contributed by atoms with E-state index in [4.69, 9.17) is 10.7 Å². The molecule has 1 aromatic carbocycles. The number of hydrogen-bond donors (Lipinski definition) is 1. The number of nitrogens with zero attached hydrogens (tertiary/aromatic N) is 4. The van der Waals surface area contributed by atoms with Crippen LogP contribution >= 0.6 is 0 Å². The highest BCUT2D eigenvalue weighted by molar-refractivity contribution is 5.79. The molecule has 5 heteroatoms. The topological polar surface area (TPSA) is 58.3 Å². The van der Waals surface area contributed by atoms with Crippen molar-refractivity contribution < 1.29 is 0 Å². The molecule has 1 aromatic heterocycles. The Balaban J connectivity index is 1.90. The third-order valence-electron chi connectivity index (χ3n) is 4.15. The molecule has 20 heavy (non-hydrogen) atoms. The summed E-state index contributed by atoms with van der Waals surface area (Å²) in [4.78, 5) is 13.7. The monoisotopic (exact) mass is 271 g/mol. The predicted octanol–water partition coefficient (Wildman–Crippen LogP) is 1.74. The minimum absolute atomic E-state index is 0.490. The van der Waals surface area contributed by atoms with Gasteiger partial charge in [0.25, 0.3) is 0 Å². The van der Waals surface area contributed by atoms with Gasteiger partial charge < -0.3 is 15.5 Å². The number of hydrogen-bond acceptors (Lipinski definition) is 5. The summed E-state index contributed by atoms with van der Waals surface area (Å²) in [6, 6.07) is 8.35. The number of nitrogens with two attached hydrogens (primary N) is 1. The van der Waals surface area contributed by atoms with Crippen LogP contribution in [0, 0.1) is 0 Å². The third-order valence-corrected chi connectivity index (χ3v) is 4.15. The van der Waals surface area contributed by atoms with Crippen LogP contribution in [0.5, 0.6) is 0 Å². The lowest BCUT2D eigenvalue weighted by Crippen LogP contribution is -2.42. The van der Waals surface area contributed by atoms with Gasteiger partial charge in [0.2, 0.25) is 0 Å². The molecule has 0 radical (unpaired) electrons. The van der Waals surface area contributed by atoms with Crippen molar-refractivity contribution in [1.82, 2.24) is 14.9 Å². The van der Waals surface area contributed by atoms with Gasteiger partial charge in [-0.05, 0) is 45.1 Å². The van der Waals surface area contributed by atoms with Crippen LogP contribution in [0.4, 0.5) is 11.6 Å². The number of aromatic nitrogens is 2. The summed E-state index contributed by atoms with van der Waals surface area (Å²) in [6.07, 6.45) is 2.28. The van der Waals surface area contributed by atoms with Crippen molar-refractivity contribution in [2.75, 3.05) is 37.8 Å². The molecule has 0 unspecified atom stereocenters. The molecule has 5 nitrogen and oxygen atoms in total. The predicted molar refractivity (Wildman–Crippen MR) is 82.9 cm³/mol. The van der Waals surface area contributed by atoms with Crippen LogP contribution in [0.3, 0.4) is 0 Å². The molecule has 1 fully saturated rings. The average Bonchev–Trinajstić information content (AvgIpc) is 2.46. The number of nitrogen functional groups attached to an aromatic ring is 1. The van der Waals surface area contributed by atoms with Gasteiger partial charge in [-0.2, -0.15) is 0 Å². The first-order chi connectivity index (χ1) is 9.65. The molecular weight excluding hydrogens is 250 g/mol. The first-order valence-electron chi connectivity index (χ1n) is 7.09. The van der Waals surface area contributed by atoms with Crippen LogP contribution < -0.4 is 10.6 Å². The van der Waals surface area contributed by atoms with Crippen LogP contribution in [0.25, 0.3) is 11.0 Å². The molecule has 1 aliphatic rings. The molecule has 2 heterocycles. The number of fused-ring (bicyclic) bond motifs is 1. The van der Waals surface area contributed by atoms with Crippen molar-refractivity contribution in [2.24, 2.45) is 0 Å². The summed E-state index contributed by atoms with van der Waals surface area (Å²) < 4.78 is 0. The lowest BCUT2D eigenvalue weighted by molar-refractivity contribution is 0.252. The summed E-state index contributed by atoms with van der Waals surface area (Å²) in [5.74, 6) is 1.32. The Morgan fingerprint density at radius 1 is 1.15 bits per heavy atom. The summed E-state index contributed by atoms with van der Waals surface area (Å²) in [5.41, 5.74) is 7.85. The fraction of sp³-hybridized carbons (Fsp3) is 0.467. The molecule has 0 amide bonds. The minimum Gasteiger partial charge on any atom is -0.381 e. The van der Waals surface area contributed by atoms with Crippen LogP contribution in [0.15, 0.2) is 24.3 Å². The molecule has 0 atom stereocenters. The van der Waals surface area contributed by atoms with Crippen molar-refractivity contribution in [1.29, 1.82) is 0 Å². The number of anilines is 2. The quantitative estimate of drug-likeness (QED) is 0.901. The zero-order valence-electron chi connectivity index (χ0n) is 12.1. The lowest BCUT2D eigenvalue weighted by atomic mass is 10.0. The van der Waals surface area contributed by atoms with Crippen LogP contribution in [-0.2, 0) is 0 Å². The zero-order chi connectivity index (χ0) is 14.1. The summed E-state index contributed by atoms with van der Waals surface area (Å²) in [7, 11) is 4.24. The second-order valence-electron chi connectivity index (χ2n) is 5.57. The SMILES string of the molecule is CN1CCC(N(C)c2nc3ccccc3nc2N)CC1. The smallest absolute Gasteiger partial charge is 0.172 e. The standard InChI is InChI=1S/C15H21N5/c1-19-9-7-11(8-10-19)20(2)15-14(16)17-12-5-3-4-6-13(12)18-15/h3-6,11H,7-10H2,1-2H3,(H2,16,17). The van der Waals surface area contributed by atoms with E-state index in [9.17, 15) is 0 Å². The van der Waals surface area contributed by atoms with Crippen molar-refractivity contribution in [2.45, 2.75) is 18.9 Å². The van der Waals surface area contributed by atoms with Crippen molar-refractivity contribution in [3.63, 3.8) is 0 Å². The van der Waals surface area contributed by atoms with E-state index in [1.165, 1.54) is 0 Å². The highest BCUT2D eigenvalue weighted by Crippen LogP contribution is 2.26. The first-order valence-corrected chi connectivity index (χ1v) is 7.09. The summed E-state index contributed by atoms with van der Waals surface area (Å²) in [6.45, 7) is 2.24. The number of para-hydroxylation sites is 2. The van der Waals surface area contributed by atoms with E-state index in [2.05, 4.69) is 28.9 Å². The van der Waals surface area contributed by atoms with E-state index in [0.717, 1.165) is 42.8 Å². The molecule has 0 aliphatic carbocycles. The van der Waals surface area contributed by atoms with Crippen molar-refractivity contribution in [3.05, 3.63) is 24.3 Å². The van der Waals surface area contributed by atoms with Crippen molar-refractivity contribution >= 4 is 22.7 Å². The summed E-state index contributed by atoms with van der Waals surface area (Å²) in [5, 5.41) is 0. The second kappa shape index (κ2) is 5.25. The van der Waals surface area contributed by atoms with Crippen LogP contribution in [-0.4, -0.2) is 48.1 Å². The third kappa shape index (κ3) is 2.41. The fourth-order valence-corrected chi connectivity index (χ4v) is 2.82. The number of rotatable bonds is 2. The molecule has 1 saturated heterocycles. The van der Waals surface area contributed by atoms with E-state index in [1.807, 2.05) is 24.3 Å². The molecule has 0 bridgehead atoms. The Hall–Kier alpha value is -1.88. The van der Waals surface area contributed by atoms with Gasteiger partial charge >= 0.3 is 0 Å². The van der Waals surface area contributed by atoms with E-state index in [1.54, 1.807) is 0 Å². The fourth-order valence-electron chi connectivity index (χ4n) is 2.82. The van der Waals surface area contributed by atoms with Gasteiger partial charge in [0.15, 0.2) is 11.6 Å². The molecule has 2 aromatic rings. The average molecular weight is 271 g/mol. The highest BCUT2D eigenvalue weighted by atomic mass is 15.2. The minimum atomic E-state index is 0.490. The maximum atomic E-state index is 6.10. The highest BCUT2D eigenvalue weighted by Gasteiger charge is 2.23. The second-order valence-corrected chi connectivity index (χ2v) is 5.57. The molecule has 106 valence electrons. The zero-order valence-corrected chi connectivity index (χ0v) is 12.1. The maximum Gasteiger partial charge on any atom is 0.172 e. The Labute approximate surface area is 119 Å². The maximum absolute atomic E-state index is 6.10. The Kier molecular flexibility index (Phi) is 3.44. The first kappa shape index (κ1) is 13.1. The van der Waals surface area contributed by atoms with Gasteiger partial charge in [-0.3, -0.25) is 0 Å². The van der Waals surface area contributed by atoms with E-state index in [-0.39, 0.29) is 0 Å². The molecule has 0 spiro atoms. The normalized spacial score (nSPS) is 17.5. The summed E-state index contributed by atoms with van der Waals surface area (Å²) >= 11 is 0. The number of likely N-dealkylation sites (tertiary alicyclic amines) is 1. The van der Waals surface area contributed by atoms with E-state index < -0.39 is 0 Å². The Morgan fingerprint density at radius 2 is 1.75 bits per heavy atom. The van der Waals surface area contributed by atoms with Gasteiger partial charge in [-0.1, -0.05) is 12.1 Å². The lowest BCUT2D eigenvalue weighted by Gasteiger charge is -2.36. The molecule has 2 N–H and O–H groups in total. The van der Waals surface area contributed by atoms with Crippen LogP contribution in [0.1, 0.15) is 12.8 Å². The molecule has 3 rings (SSSR count). The molecule has 1 aliphatic heterocycles. The Morgan fingerprint density at radius 3 is 2.40 bits per heavy atom. The van der Waals surface area contributed by atoms with Gasteiger partial charge in [-0.15, -0.1) is 0 Å². The molecular formula is C15H21N5. The Bertz CT molecular complexity index is 604. The van der Waals surface area contributed by atoms with E-state index >= 15 is 0 Å². The van der Waals surface area contributed by atoms with Crippen LogP contribution in [0.2, 0.25) is 0 Å². The van der Waals surface area contributed by atoms with Gasteiger partial charge in [0, 0.05) is 13.1 Å². The van der Waals surface area contributed by atoms with Gasteiger partial charge in [0.05, 0.1) is 11.0 Å². The van der Waals surface area contributed by atoms with Gasteiger partial charge in [-0.25, -0.2) is 9.97 Å². The number of piperidine rings is 1. The van der Waals surface area contributed by atoms with E-state index in [0.29, 0.717) is 11.9 Å². The van der Waals surface area contributed by atoms with Crippen molar-refractivity contribution in [3.8, 4) is 0 Å². The number of benzene rings is 1. The largest absolute Gasteiger partial charge is 0.381 e. The molecule has 0 saturated carbocycles. The van der Waals surface area contributed by atoms with Gasteiger partial charge in [0.1, 0.15) is 0 Å².